The molecule has 0 saturated heterocycles. The summed E-state index contributed by atoms with van der Waals surface area (Å²) in [5, 5.41) is 0.515. The van der Waals surface area contributed by atoms with Gasteiger partial charge in [-0.25, -0.2) is 9.37 Å². The van der Waals surface area contributed by atoms with Crippen LogP contribution in [0.5, 0.6) is 0 Å². The van der Waals surface area contributed by atoms with Crippen molar-refractivity contribution in [3.05, 3.63) is 50.9 Å². The second kappa shape index (κ2) is 9.12. The molecule has 1 atom stereocenters. The van der Waals surface area contributed by atoms with Gasteiger partial charge in [-0.3, -0.25) is 14.2 Å². The van der Waals surface area contributed by atoms with Gasteiger partial charge in [0.1, 0.15) is 10.6 Å². The minimum atomic E-state index is -0.487. The summed E-state index contributed by atoms with van der Waals surface area (Å²) < 4.78 is 16.1. The van der Waals surface area contributed by atoms with Crippen molar-refractivity contribution in [3.63, 3.8) is 0 Å². The normalized spacial score (nSPS) is 14.5. The summed E-state index contributed by atoms with van der Waals surface area (Å²) in [7, 11) is 0. The number of nitrogens with zero attached hydrogens (tertiary/aromatic N) is 3. The number of carbonyl (C=O) groups is 1. The minimum absolute atomic E-state index is 0.0186. The number of halogens is 1. The summed E-state index contributed by atoms with van der Waals surface area (Å²) in [6, 6.07) is 6.23. The quantitative estimate of drug-likeness (QED) is 0.392. The third kappa shape index (κ3) is 4.03. The lowest BCUT2D eigenvalue weighted by Gasteiger charge is -2.23. The highest BCUT2D eigenvalue weighted by Gasteiger charge is 2.27. The predicted molar refractivity (Wildman–Crippen MR) is 125 cm³/mol. The van der Waals surface area contributed by atoms with Crippen molar-refractivity contribution in [2.24, 2.45) is 0 Å². The molecule has 1 aliphatic rings. The van der Waals surface area contributed by atoms with Crippen LogP contribution in [-0.4, -0.2) is 38.7 Å². The molecular weight excluding hydrogens is 433 g/mol. The van der Waals surface area contributed by atoms with Gasteiger partial charge in [-0.2, -0.15) is 0 Å². The summed E-state index contributed by atoms with van der Waals surface area (Å²) in [5.74, 6) is -0.505. The molecule has 5 nitrogen and oxygen atoms in total. The summed E-state index contributed by atoms with van der Waals surface area (Å²) in [4.78, 5) is 35.0. The van der Waals surface area contributed by atoms with Gasteiger partial charge in [-0.1, -0.05) is 23.9 Å². The van der Waals surface area contributed by atoms with Crippen LogP contribution in [0.25, 0.3) is 15.9 Å². The average molecular weight is 460 g/mol. The number of benzene rings is 1. The number of para-hydroxylation sites is 1. The molecule has 1 aromatic carbocycles. The van der Waals surface area contributed by atoms with Gasteiger partial charge in [-0.15, -0.1) is 11.3 Å². The summed E-state index contributed by atoms with van der Waals surface area (Å²) >= 11 is 2.78. The first-order chi connectivity index (χ1) is 15.0. The van der Waals surface area contributed by atoms with Crippen LogP contribution in [0.4, 0.5) is 4.39 Å². The van der Waals surface area contributed by atoms with E-state index in [1.807, 2.05) is 20.8 Å². The van der Waals surface area contributed by atoms with Crippen LogP contribution < -0.4 is 5.56 Å². The Hall–Kier alpha value is -2.19. The number of carbonyl (C=O) groups excluding carboxylic acids is 1. The number of thiophene rings is 1. The van der Waals surface area contributed by atoms with Gasteiger partial charge >= 0.3 is 0 Å². The lowest BCUT2D eigenvalue weighted by molar-refractivity contribution is -0.129. The van der Waals surface area contributed by atoms with Crippen LogP contribution in [-0.2, 0) is 17.6 Å². The van der Waals surface area contributed by atoms with Crippen LogP contribution >= 0.6 is 23.1 Å². The summed E-state index contributed by atoms with van der Waals surface area (Å²) in [6.07, 6.45) is 3.96. The van der Waals surface area contributed by atoms with Gasteiger partial charge < -0.3 is 4.90 Å². The molecule has 0 aliphatic heterocycles. The lowest BCUT2D eigenvalue weighted by Crippen LogP contribution is -2.36. The molecule has 3 aromatic rings. The molecule has 0 bridgehead atoms. The molecule has 164 valence electrons. The van der Waals surface area contributed by atoms with Crippen molar-refractivity contribution >= 4 is 39.2 Å². The molecule has 1 amide bonds. The van der Waals surface area contributed by atoms with E-state index in [0.717, 1.165) is 31.2 Å². The zero-order valence-electron chi connectivity index (χ0n) is 18.0. The number of aryl methyl sites for hydroxylation is 2. The van der Waals surface area contributed by atoms with Crippen molar-refractivity contribution in [2.45, 2.75) is 56.9 Å². The molecule has 0 saturated carbocycles. The zero-order valence-corrected chi connectivity index (χ0v) is 19.6. The number of amides is 1. The largest absolute Gasteiger partial charge is 0.342 e. The Morgan fingerprint density at radius 3 is 2.68 bits per heavy atom. The zero-order chi connectivity index (χ0) is 22.1. The fourth-order valence-electron chi connectivity index (χ4n) is 4.11. The standard InChI is InChI=1S/C23H26FN3O2S2/c1-4-26(5-2)21(28)14(3)30-23-25-20-19(15-10-6-9-13-18(15)31-20)22(29)27(23)17-12-8-7-11-16(17)24/h7-8,11-12,14H,4-6,9-10,13H2,1-3H3. The van der Waals surface area contributed by atoms with Gasteiger partial charge in [0.05, 0.1) is 16.3 Å². The van der Waals surface area contributed by atoms with Gasteiger partial charge in [0.15, 0.2) is 5.16 Å². The Kier molecular flexibility index (Phi) is 6.48. The van der Waals surface area contributed by atoms with E-state index in [-0.39, 0.29) is 17.2 Å². The Labute approximate surface area is 189 Å². The maximum Gasteiger partial charge on any atom is 0.267 e. The Morgan fingerprint density at radius 2 is 1.97 bits per heavy atom. The van der Waals surface area contributed by atoms with E-state index >= 15 is 0 Å². The first kappa shape index (κ1) is 22.0. The highest BCUT2D eigenvalue weighted by molar-refractivity contribution is 8.00. The van der Waals surface area contributed by atoms with E-state index in [2.05, 4.69) is 0 Å². The SMILES string of the molecule is CCN(CC)C(=O)C(C)Sc1nc2sc3c(c2c(=O)n1-c1ccccc1F)CCCC3. The molecule has 8 heteroatoms. The average Bonchev–Trinajstić information content (AvgIpc) is 3.14. The first-order valence-corrected chi connectivity index (χ1v) is 12.4. The number of hydrogen-bond donors (Lipinski definition) is 0. The van der Waals surface area contributed by atoms with Gasteiger partial charge in [0.25, 0.3) is 5.56 Å². The molecule has 0 spiro atoms. The van der Waals surface area contributed by atoms with Gasteiger partial charge in [0, 0.05) is 18.0 Å². The maximum absolute atomic E-state index is 14.8. The molecule has 0 radical (unpaired) electrons. The van der Waals surface area contributed by atoms with Crippen LogP contribution in [0.1, 0.15) is 44.1 Å². The van der Waals surface area contributed by atoms with E-state index < -0.39 is 11.1 Å². The Bertz CT molecular complexity index is 1180. The number of thioether (sulfide) groups is 1. The lowest BCUT2D eigenvalue weighted by atomic mass is 9.97. The molecule has 31 heavy (non-hydrogen) atoms. The molecule has 0 fully saturated rings. The fraction of sp³-hybridized carbons (Fsp3) is 0.435. The van der Waals surface area contributed by atoms with Crippen LogP contribution in [0, 0.1) is 5.82 Å². The second-order valence-electron chi connectivity index (χ2n) is 7.65. The van der Waals surface area contributed by atoms with Gasteiger partial charge in [0.2, 0.25) is 5.91 Å². The molecule has 1 unspecified atom stereocenters. The molecule has 2 heterocycles. The monoisotopic (exact) mass is 459 g/mol. The Balaban J connectivity index is 1.89. The number of rotatable bonds is 6. The molecule has 0 N–H and O–H groups in total. The highest BCUT2D eigenvalue weighted by atomic mass is 32.2. The predicted octanol–water partition coefficient (Wildman–Crippen LogP) is 4.81. The number of aromatic nitrogens is 2. The van der Waals surface area contributed by atoms with E-state index in [9.17, 15) is 14.0 Å². The summed E-state index contributed by atoms with van der Waals surface area (Å²) in [5.41, 5.74) is 0.986. The van der Waals surface area contributed by atoms with Crippen molar-refractivity contribution < 1.29 is 9.18 Å². The topological polar surface area (TPSA) is 55.2 Å². The van der Waals surface area contributed by atoms with E-state index in [1.165, 1.54) is 27.3 Å². The molecule has 4 rings (SSSR count). The van der Waals surface area contributed by atoms with E-state index in [0.29, 0.717) is 28.5 Å². The first-order valence-electron chi connectivity index (χ1n) is 10.7. The smallest absolute Gasteiger partial charge is 0.267 e. The van der Waals surface area contributed by atoms with Crippen LogP contribution in [0.3, 0.4) is 0 Å². The molecular formula is C23H26FN3O2S2. The molecule has 2 aromatic heterocycles. The fourth-order valence-corrected chi connectivity index (χ4v) is 6.42. The van der Waals surface area contributed by atoms with Crippen LogP contribution in [0.2, 0.25) is 0 Å². The third-order valence-corrected chi connectivity index (χ3v) is 7.98. The van der Waals surface area contributed by atoms with Gasteiger partial charge in [-0.05, 0) is 64.2 Å². The number of hydrogen-bond acceptors (Lipinski definition) is 5. The summed E-state index contributed by atoms with van der Waals surface area (Å²) in [6.45, 7) is 6.92. The van der Waals surface area contributed by atoms with E-state index in [4.69, 9.17) is 4.98 Å². The van der Waals surface area contributed by atoms with Crippen molar-refractivity contribution in [1.29, 1.82) is 0 Å². The third-order valence-electron chi connectivity index (χ3n) is 5.76. The highest BCUT2D eigenvalue weighted by Crippen LogP contribution is 2.36. The van der Waals surface area contributed by atoms with Crippen molar-refractivity contribution in [3.8, 4) is 5.69 Å². The van der Waals surface area contributed by atoms with E-state index in [1.54, 1.807) is 34.4 Å². The van der Waals surface area contributed by atoms with Crippen LogP contribution in [0.15, 0.2) is 34.2 Å². The second-order valence-corrected chi connectivity index (χ2v) is 10.0. The minimum Gasteiger partial charge on any atom is -0.342 e. The number of fused-ring (bicyclic) bond motifs is 3. The molecule has 1 aliphatic carbocycles. The van der Waals surface area contributed by atoms with Crippen molar-refractivity contribution in [2.75, 3.05) is 13.1 Å². The maximum atomic E-state index is 14.8. The van der Waals surface area contributed by atoms with Crippen molar-refractivity contribution in [1.82, 2.24) is 14.5 Å². The Morgan fingerprint density at radius 1 is 1.26 bits per heavy atom.